The summed E-state index contributed by atoms with van der Waals surface area (Å²) in [5.41, 5.74) is 0. The first-order chi connectivity index (χ1) is 8.56. The van der Waals surface area contributed by atoms with Crippen molar-refractivity contribution in [3.05, 3.63) is 0 Å². The van der Waals surface area contributed by atoms with Gasteiger partial charge in [0.25, 0.3) is 0 Å². The van der Waals surface area contributed by atoms with E-state index in [1.807, 2.05) is 0 Å². The second-order valence-corrected chi connectivity index (χ2v) is 5.02. The van der Waals surface area contributed by atoms with Crippen LogP contribution in [0.3, 0.4) is 0 Å². The molecule has 0 aliphatic heterocycles. The lowest BCUT2D eigenvalue weighted by molar-refractivity contribution is -0.145. The SMILES string of the molecule is COC(=O)C1CCC(=O)C1.OCC1CCC(O)C1. The minimum atomic E-state index is -0.245. The number of hydrogen-bond donors (Lipinski definition) is 2. The lowest BCUT2D eigenvalue weighted by Gasteiger charge is -2.02. The highest BCUT2D eigenvalue weighted by Gasteiger charge is 2.28. The number of esters is 1. The molecule has 0 aromatic rings. The predicted molar refractivity (Wildman–Crippen MR) is 64.8 cm³/mol. The zero-order chi connectivity index (χ0) is 13.5. The number of carbonyl (C=O) groups excluding carboxylic acids is 2. The van der Waals surface area contributed by atoms with Crippen molar-refractivity contribution in [3.8, 4) is 0 Å². The summed E-state index contributed by atoms with van der Waals surface area (Å²) in [4.78, 5) is 21.5. The third kappa shape index (κ3) is 4.74. The minimum Gasteiger partial charge on any atom is -0.469 e. The molecule has 0 bridgehead atoms. The fourth-order valence-electron chi connectivity index (χ4n) is 2.40. The Morgan fingerprint density at radius 2 is 2.11 bits per heavy atom. The van der Waals surface area contributed by atoms with E-state index in [4.69, 9.17) is 10.2 Å². The maximum Gasteiger partial charge on any atom is 0.309 e. The van der Waals surface area contributed by atoms with E-state index in [1.54, 1.807) is 0 Å². The number of Topliss-reactive ketones (excluding diaryl/α,β-unsaturated/α-hetero) is 1. The van der Waals surface area contributed by atoms with E-state index in [1.165, 1.54) is 7.11 Å². The molecule has 3 unspecified atom stereocenters. The minimum absolute atomic E-state index is 0.132. The maximum atomic E-state index is 10.8. The Hall–Kier alpha value is -0.940. The van der Waals surface area contributed by atoms with Gasteiger partial charge in [-0.25, -0.2) is 0 Å². The summed E-state index contributed by atoms with van der Waals surface area (Å²) in [5, 5.41) is 17.5. The largest absolute Gasteiger partial charge is 0.469 e. The molecule has 0 amide bonds. The van der Waals surface area contributed by atoms with Gasteiger partial charge in [-0.05, 0) is 31.6 Å². The molecule has 0 spiro atoms. The molecule has 3 atom stereocenters. The van der Waals surface area contributed by atoms with Crippen molar-refractivity contribution in [1.29, 1.82) is 0 Å². The van der Waals surface area contributed by atoms with Crippen LogP contribution in [0.25, 0.3) is 0 Å². The van der Waals surface area contributed by atoms with E-state index in [2.05, 4.69) is 4.74 Å². The summed E-state index contributed by atoms with van der Waals surface area (Å²) in [6, 6.07) is 0. The van der Waals surface area contributed by atoms with Crippen LogP contribution in [0, 0.1) is 11.8 Å². The topological polar surface area (TPSA) is 83.8 Å². The van der Waals surface area contributed by atoms with Crippen LogP contribution in [0.5, 0.6) is 0 Å². The number of hydrogen-bond acceptors (Lipinski definition) is 5. The van der Waals surface area contributed by atoms with Gasteiger partial charge in [-0.1, -0.05) is 0 Å². The lowest BCUT2D eigenvalue weighted by Crippen LogP contribution is -2.12. The van der Waals surface area contributed by atoms with Crippen molar-refractivity contribution < 1.29 is 24.5 Å². The van der Waals surface area contributed by atoms with Crippen molar-refractivity contribution in [2.45, 2.75) is 44.6 Å². The highest BCUT2D eigenvalue weighted by molar-refractivity contribution is 5.87. The van der Waals surface area contributed by atoms with Gasteiger partial charge in [-0.3, -0.25) is 9.59 Å². The van der Waals surface area contributed by atoms with Gasteiger partial charge in [0.05, 0.1) is 19.1 Å². The standard InChI is InChI=1S/C7H10O3.C6H12O2/c1-10-7(9)5-2-3-6(8)4-5;7-4-5-1-2-6(8)3-5/h5H,2-4H2,1H3;5-8H,1-4H2. The van der Waals surface area contributed by atoms with Gasteiger partial charge in [0.2, 0.25) is 0 Å². The smallest absolute Gasteiger partial charge is 0.309 e. The van der Waals surface area contributed by atoms with Gasteiger partial charge in [0, 0.05) is 19.4 Å². The lowest BCUT2D eigenvalue weighted by atomic mass is 10.1. The fourth-order valence-corrected chi connectivity index (χ4v) is 2.40. The van der Waals surface area contributed by atoms with Crippen LogP contribution in [0.15, 0.2) is 0 Å². The molecule has 2 aliphatic rings. The van der Waals surface area contributed by atoms with E-state index >= 15 is 0 Å². The number of aliphatic hydroxyl groups excluding tert-OH is 2. The van der Waals surface area contributed by atoms with Crippen molar-refractivity contribution in [3.63, 3.8) is 0 Å². The molecule has 2 fully saturated rings. The maximum absolute atomic E-state index is 10.8. The molecule has 5 heteroatoms. The number of ketones is 1. The van der Waals surface area contributed by atoms with Gasteiger partial charge in [-0.2, -0.15) is 0 Å². The van der Waals surface area contributed by atoms with Crippen LogP contribution in [0.4, 0.5) is 0 Å². The molecular weight excluding hydrogens is 236 g/mol. The van der Waals surface area contributed by atoms with E-state index in [0.29, 0.717) is 25.2 Å². The Labute approximate surface area is 107 Å². The van der Waals surface area contributed by atoms with Crippen LogP contribution >= 0.6 is 0 Å². The Balaban J connectivity index is 0.000000184. The van der Waals surface area contributed by atoms with Crippen molar-refractivity contribution in [2.75, 3.05) is 13.7 Å². The molecule has 0 aromatic carbocycles. The highest BCUT2D eigenvalue weighted by Crippen LogP contribution is 2.24. The number of carbonyl (C=O) groups is 2. The quantitative estimate of drug-likeness (QED) is 0.711. The average Bonchev–Trinajstić information content (AvgIpc) is 2.97. The zero-order valence-electron chi connectivity index (χ0n) is 10.8. The summed E-state index contributed by atoms with van der Waals surface area (Å²) >= 11 is 0. The first-order valence-electron chi connectivity index (χ1n) is 6.45. The fraction of sp³-hybridized carbons (Fsp3) is 0.846. The Bertz CT molecular complexity index is 289. The first kappa shape index (κ1) is 15.1. The molecule has 2 N–H and O–H groups in total. The normalized spacial score (nSPS) is 30.8. The predicted octanol–water partition coefficient (Wildman–Crippen LogP) is 0.668. The molecule has 0 radical (unpaired) electrons. The van der Waals surface area contributed by atoms with E-state index in [-0.39, 0.29) is 30.4 Å². The molecule has 0 aromatic heterocycles. The summed E-state index contributed by atoms with van der Waals surface area (Å²) in [6.07, 6.45) is 4.14. The number of methoxy groups -OCH3 is 1. The van der Waals surface area contributed by atoms with E-state index in [0.717, 1.165) is 19.3 Å². The number of ether oxygens (including phenoxy) is 1. The Morgan fingerprint density at radius 3 is 2.44 bits per heavy atom. The molecule has 2 saturated carbocycles. The van der Waals surface area contributed by atoms with Gasteiger partial charge in [0.15, 0.2) is 0 Å². The third-order valence-corrected chi connectivity index (χ3v) is 3.55. The monoisotopic (exact) mass is 258 g/mol. The summed E-state index contributed by atoms with van der Waals surface area (Å²) in [5.74, 6) is 0.156. The Morgan fingerprint density at radius 1 is 1.39 bits per heavy atom. The second-order valence-electron chi connectivity index (χ2n) is 5.02. The second kappa shape index (κ2) is 7.48. The van der Waals surface area contributed by atoms with Crippen LogP contribution in [0.1, 0.15) is 38.5 Å². The van der Waals surface area contributed by atoms with Crippen LogP contribution < -0.4 is 0 Å². The first-order valence-corrected chi connectivity index (χ1v) is 6.45. The molecule has 2 aliphatic carbocycles. The van der Waals surface area contributed by atoms with E-state index < -0.39 is 0 Å². The van der Waals surface area contributed by atoms with Gasteiger partial charge < -0.3 is 14.9 Å². The number of rotatable bonds is 2. The zero-order valence-corrected chi connectivity index (χ0v) is 10.8. The van der Waals surface area contributed by atoms with Crippen molar-refractivity contribution in [1.82, 2.24) is 0 Å². The van der Waals surface area contributed by atoms with Crippen molar-refractivity contribution >= 4 is 11.8 Å². The highest BCUT2D eigenvalue weighted by atomic mass is 16.5. The molecular formula is C13H22O5. The molecule has 0 saturated heterocycles. The van der Waals surface area contributed by atoms with Gasteiger partial charge in [-0.15, -0.1) is 0 Å². The van der Waals surface area contributed by atoms with Gasteiger partial charge in [0.1, 0.15) is 5.78 Å². The number of aliphatic hydroxyl groups is 2. The van der Waals surface area contributed by atoms with Crippen LogP contribution in [-0.4, -0.2) is 41.8 Å². The summed E-state index contributed by atoms with van der Waals surface area (Å²) < 4.78 is 4.49. The summed E-state index contributed by atoms with van der Waals surface area (Å²) in [7, 11) is 1.35. The Kier molecular flexibility index (Phi) is 6.29. The molecule has 18 heavy (non-hydrogen) atoms. The van der Waals surface area contributed by atoms with E-state index in [9.17, 15) is 9.59 Å². The molecule has 104 valence electrons. The van der Waals surface area contributed by atoms with Crippen LogP contribution in [-0.2, 0) is 14.3 Å². The molecule has 0 heterocycles. The van der Waals surface area contributed by atoms with Crippen LogP contribution in [0.2, 0.25) is 0 Å². The third-order valence-electron chi connectivity index (χ3n) is 3.55. The van der Waals surface area contributed by atoms with Gasteiger partial charge >= 0.3 is 5.97 Å². The molecule has 2 rings (SSSR count). The molecule has 5 nitrogen and oxygen atoms in total. The summed E-state index contributed by atoms with van der Waals surface area (Å²) in [6.45, 7) is 0.247. The average molecular weight is 258 g/mol. The van der Waals surface area contributed by atoms with Crippen molar-refractivity contribution in [2.24, 2.45) is 11.8 Å².